The zero-order valence-corrected chi connectivity index (χ0v) is 15.3. The van der Waals surface area contributed by atoms with Gasteiger partial charge >= 0.3 is 0 Å². The topological polar surface area (TPSA) is 106 Å². The lowest BCUT2D eigenvalue weighted by Crippen LogP contribution is -2.15. The molecule has 0 amide bonds. The normalized spacial score (nSPS) is 11.2. The molecule has 2 aromatic heterocycles. The van der Waals surface area contributed by atoms with E-state index in [2.05, 4.69) is 20.2 Å². The number of ether oxygens (including phenoxy) is 1. The first-order valence-corrected chi connectivity index (χ1v) is 9.19. The zero-order valence-electron chi connectivity index (χ0n) is 14.5. The third kappa shape index (κ3) is 3.94. The van der Waals surface area contributed by atoms with Gasteiger partial charge in [0.2, 0.25) is 0 Å². The van der Waals surface area contributed by atoms with Gasteiger partial charge < -0.3 is 14.6 Å². The lowest BCUT2D eigenvalue weighted by Gasteiger charge is -2.12. The van der Waals surface area contributed by atoms with Crippen molar-refractivity contribution in [3.8, 4) is 5.75 Å². The number of anilines is 3. The van der Waals surface area contributed by atoms with E-state index in [4.69, 9.17) is 9.26 Å². The van der Waals surface area contributed by atoms with Gasteiger partial charge in [-0.2, -0.15) is 0 Å². The van der Waals surface area contributed by atoms with Crippen molar-refractivity contribution in [1.29, 1.82) is 0 Å². The van der Waals surface area contributed by atoms with Gasteiger partial charge in [-0.15, -0.1) is 0 Å². The van der Waals surface area contributed by atoms with Crippen molar-refractivity contribution in [2.75, 3.05) is 17.1 Å². The van der Waals surface area contributed by atoms with Gasteiger partial charge in [0.25, 0.3) is 10.0 Å². The van der Waals surface area contributed by atoms with E-state index >= 15 is 0 Å². The molecular formula is C17H18N4O4S. The minimum Gasteiger partial charge on any atom is -0.495 e. The molecule has 0 aliphatic carbocycles. The van der Waals surface area contributed by atoms with Crippen molar-refractivity contribution in [1.82, 2.24) is 10.1 Å². The number of rotatable bonds is 6. The van der Waals surface area contributed by atoms with E-state index in [1.165, 1.54) is 13.3 Å². The minimum atomic E-state index is -3.83. The quantitative estimate of drug-likeness (QED) is 0.682. The summed E-state index contributed by atoms with van der Waals surface area (Å²) in [4.78, 5) is 4.18. The molecule has 0 aliphatic rings. The molecule has 0 radical (unpaired) electrons. The molecule has 3 rings (SSSR count). The van der Waals surface area contributed by atoms with Crippen LogP contribution in [0.3, 0.4) is 0 Å². The standard InChI is InChI=1S/C17H18N4O4S/c1-11-4-6-14(24-3)15(8-11)26(22,23)21-16-7-5-13(10-18-16)19-17-9-12(2)25-20-17/h4-10H,1-3H3,(H,18,21)(H,19,20). The molecular weight excluding hydrogens is 356 g/mol. The van der Waals surface area contributed by atoms with Gasteiger partial charge in [0.15, 0.2) is 5.82 Å². The summed E-state index contributed by atoms with van der Waals surface area (Å²) in [5, 5.41) is 6.83. The van der Waals surface area contributed by atoms with Crippen LogP contribution < -0.4 is 14.8 Å². The Bertz CT molecular complexity index is 1010. The maximum atomic E-state index is 12.6. The largest absolute Gasteiger partial charge is 0.495 e. The van der Waals surface area contributed by atoms with Gasteiger partial charge in [0.1, 0.15) is 22.2 Å². The molecule has 26 heavy (non-hydrogen) atoms. The van der Waals surface area contributed by atoms with Crippen LogP contribution in [-0.2, 0) is 10.0 Å². The van der Waals surface area contributed by atoms with Crippen LogP contribution >= 0.6 is 0 Å². The molecule has 0 unspecified atom stereocenters. The van der Waals surface area contributed by atoms with Crippen molar-refractivity contribution < 1.29 is 17.7 Å². The Morgan fingerprint density at radius 3 is 2.50 bits per heavy atom. The molecule has 0 fully saturated rings. The Hall–Kier alpha value is -3.07. The van der Waals surface area contributed by atoms with Crippen LogP contribution in [0.2, 0.25) is 0 Å². The van der Waals surface area contributed by atoms with Crippen LogP contribution in [-0.4, -0.2) is 25.7 Å². The van der Waals surface area contributed by atoms with E-state index in [9.17, 15) is 8.42 Å². The molecule has 0 atom stereocenters. The summed E-state index contributed by atoms with van der Waals surface area (Å²) in [5.74, 6) is 1.68. The summed E-state index contributed by atoms with van der Waals surface area (Å²) in [6.45, 7) is 3.59. The predicted octanol–water partition coefficient (Wildman–Crippen LogP) is 3.24. The monoisotopic (exact) mass is 374 g/mol. The lowest BCUT2D eigenvalue weighted by atomic mass is 10.2. The smallest absolute Gasteiger partial charge is 0.266 e. The molecule has 0 aliphatic heterocycles. The molecule has 1 aromatic carbocycles. The Labute approximate surface area is 151 Å². The van der Waals surface area contributed by atoms with Crippen molar-refractivity contribution in [2.24, 2.45) is 0 Å². The molecule has 3 aromatic rings. The molecule has 8 nitrogen and oxygen atoms in total. The summed E-state index contributed by atoms with van der Waals surface area (Å²) in [6, 6.07) is 9.91. The second-order valence-corrected chi connectivity index (χ2v) is 7.29. The van der Waals surface area contributed by atoms with Crippen LogP contribution in [0.1, 0.15) is 11.3 Å². The summed E-state index contributed by atoms with van der Waals surface area (Å²) in [6.07, 6.45) is 1.50. The second kappa shape index (κ2) is 7.04. The number of hydrogen-bond donors (Lipinski definition) is 2. The molecule has 2 heterocycles. The van der Waals surface area contributed by atoms with E-state index < -0.39 is 10.0 Å². The Balaban J connectivity index is 1.79. The van der Waals surface area contributed by atoms with E-state index in [0.717, 1.165) is 5.56 Å². The van der Waals surface area contributed by atoms with Gasteiger partial charge in [-0.25, -0.2) is 13.4 Å². The number of pyridine rings is 1. The highest BCUT2D eigenvalue weighted by atomic mass is 32.2. The number of sulfonamides is 1. The fourth-order valence-corrected chi connectivity index (χ4v) is 3.55. The van der Waals surface area contributed by atoms with Gasteiger partial charge in [0, 0.05) is 6.07 Å². The highest BCUT2D eigenvalue weighted by molar-refractivity contribution is 7.92. The molecule has 136 valence electrons. The molecule has 0 saturated carbocycles. The van der Waals surface area contributed by atoms with Crippen LogP contribution in [0.4, 0.5) is 17.3 Å². The van der Waals surface area contributed by atoms with Gasteiger partial charge in [-0.05, 0) is 43.7 Å². The van der Waals surface area contributed by atoms with Crippen molar-refractivity contribution in [3.05, 3.63) is 53.9 Å². The second-order valence-electron chi connectivity index (χ2n) is 5.64. The number of aromatic nitrogens is 2. The van der Waals surface area contributed by atoms with Crippen LogP contribution in [0.15, 0.2) is 52.0 Å². The SMILES string of the molecule is COc1ccc(C)cc1S(=O)(=O)Nc1ccc(Nc2cc(C)on2)cn1. The maximum Gasteiger partial charge on any atom is 0.266 e. The maximum absolute atomic E-state index is 12.6. The first-order chi connectivity index (χ1) is 12.4. The van der Waals surface area contributed by atoms with E-state index in [1.807, 2.05) is 6.92 Å². The Morgan fingerprint density at radius 2 is 1.88 bits per heavy atom. The molecule has 0 saturated heterocycles. The van der Waals surface area contributed by atoms with E-state index in [-0.39, 0.29) is 16.5 Å². The average Bonchev–Trinajstić information content (AvgIpc) is 3.01. The molecule has 0 bridgehead atoms. The van der Waals surface area contributed by atoms with Crippen molar-refractivity contribution in [3.63, 3.8) is 0 Å². The predicted molar refractivity (Wildman–Crippen MR) is 97.3 cm³/mol. The average molecular weight is 374 g/mol. The van der Waals surface area contributed by atoms with Gasteiger partial charge in [0.05, 0.1) is 19.0 Å². The van der Waals surface area contributed by atoms with E-state index in [1.54, 1.807) is 43.3 Å². The number of benzene rings is 1. The Kier molecular flexibility index (Phi) is 4.81. The minimum absolute atomic E-state index is 0.0575. The van der Waals surface area contributed by atoms with Crippen molar-refractivity contribution in [2.45, 2.75) is 18.7 Å². The first-order valence-electron chi connectivity index (χ1n) is 7.71. The third-order valence-corrected chi connectivity index (χ3v) is 4.89. The molecule has 2 N–H and O–H groups in total. The number of methoxy groups -OCH3 is 1. The fourth-order valence-electron chi connectivity index (χ4n) is 2.29. The molecule has 9 heteroatoms. The zero-order chi connectivity index (χ0) is 18.7. The first kappa shape index (κ1) is 17.7. The highest BCUT2D eigenvalue weighted by Crippen LogP contribution is 2.26. The lowest BCUT2D eigenvalue weighted by molar-refractivity contribution is 0.400. The van der Waals surface area contributed by atoms with Crippen LogP contribution in [0.25, 0.3) is 0 Å². The summed E-state index contributed by atoms with van der Waals surface area (Å²) >= 11 is 0. The van der Waals surface area contributed by atoms with E-state index in [0.29, 0.717) is 17.3 Å². The summed E-state index contributed by atoms with van der Waals surface area (Å²) < 4.78 is 37.9. The fraction of sp³-hybridized carbons (Fsp3) is 0.176. The third-order valence-electron chi connectivity index (χ3n) is 3.51. The summed E-state index contributed by atoms with van der Waals surface area (Å²) in [5.41, 5.74) is 1.45. The Morgan fingerprint density at radius 1 is 1.08 bits per heavy atom. The number of hydrogen-bond acceptors (Lipinski definition) is 7. The van der Waals surface area contributed by atoms with Gasteiger partial charge in [-0.3, -0.25) is 4.72 Å². The number of aryl methyl sites for hydroxylation is 2. The van der Waals surface area contributed by atoms with Gasteiger partial charge in [-0.1, -0.05) is 11.2 Å². The van der Waals surface area contributed by atoms with Crippen LogP contribution in [0, 0.1) is 13.8 Å². The number of nitrogens with one attached hydrogen (secondary N) is 2. The number of nitrogens with zero attached hydrogens (tertiary/aromatic N) is 2. The highest BCUT2D eigenvalue weighted by Gasteiger charge is 2.20. The van der Waals surface area contributed by atoms with Crippen molar-refractivity contribution >= 4 is 27.3 Å². The molecule has 0 spiro atoms. The van der Waals surface area contributed by atoms with Crippen LogP contribution in [0.5, 0.6) is 5.75 Å². The summed E-state index contributed by atoms with van der Waals surface area (Å²) in [7, 11) is -2.41.